The SMILES string of the molecule is CCc1cc(CCC2(C3CCCC3)CC(=O)C(Cc3nc4ncc(C)cn4n3)C(=O)O2)ccc1-c1ncco1. The Hall–Kier alpha value is -3.88. The number of hydrogen-bond donors (Lipinski definition) is 0. The maximum Gasteiger partial charge on any atom is 0.317 e. The minimum atomic E-state index is -0.884. The average Bonchev–Trinajstić information content (AvgIpc) is 3.71. The van der Waals surface area contributed by atoms with Gasteiger partial charge in [0.05, 0.1) is 6.20 Å². The summed E-state index contributed by atoms with van der Waals surface area (Å²) in [5.74, 6) is 0.283. The molecule has 0 N–H and O–H groups in total. The lowest BCUT2D eigenvalue weighted by atomic mass is 9.73. The highest BCUT2D eigenvalue weighted by molar-refractivity contribution is 6.01. The maximum atomic E-state index is 13.5. The summed E-state index contributed by atoms with van der Waals surface area (Å²) < 4.78 is 13.4. The van der Waals surface area contributed by atoms with Crippen molar-refractivity contribution in [1.82, 2.24) is 24.6 Å². The molecule has 202 valence electrons. The highest BCUT2D eigenvalue weighted by Crippen LogP contribution is 2.45. The van der Waals surface area contributed by atoms with Gasteiger partial charge in [-0.2, -0.15) is 4.98 Å². The number of ether oxygens (including phenoxy) is 1. The van der Waals surface area contributed by atoms with Crippen LogP contribution >= 0.6 is 0 Å². The molecule has 1 saturated heterocycles. The number of ketones is 1. The molecule has 39 heavy (non-hydrogen) atoms. The number of cyclic esters (lactones) is 1. The molecular weight excluding hydrogens is 494 g/mol. The Morgan fingerprint density at radius 3 is 2.74 bits per heavy atom. The van der Waals surface area contributed by atoms with Gasteiger partial charge in [-0.1, -0.05) is 31.9 Å². The number of aromatic nitrogens is 5. The predicted molar refractivity (Wildman–Crippen MR) is 143 cm³/mol. The van der Waals surface area contributed by atoms with Crippen molar-refractivity contribution < 1.29 is 18.7 Å². The van der Waals surface area contributed by atoms with Crippen molar-refractivity contribution in [2.24, 2.45) is 11.8 Å². The predicted octanol–water partition coefficient (Wildman–Crippen LogP) is 4.89. The van der Waals surface area contributed by atoms with Crippen LogP contribution in [0.5, 0.6) is 0 Å². The molecule has 3 aromatic heterocycles. The standard InChI is InChI=1S/C30H33N5O4/c1-3-21-14-20(8-9-23(21)27-31-12-13-38-27)10-11-30(22-6-4-5-7-22)16-25(36)24(28(37)39-30)15-26-33-29-32-17-19(2)18-35(29)34-26/h8-9,12-14,17-18,22,24H,3-7,10-11,15-16H2,1-2H3. The van der Waals surface area contributed by atoms with Gasteiger partial charge in [-0.25, -0.2) is 14.5 Å². The fraction of sp³-hybridized carbons (Fsp3) is 0.467. The molecule has 2 atom stereocenters. The van der Waals surface area contributed by atoms with E-state index in [2.05, 4.69) is 45.2 Å². The Balaban J connectivity index is 1.21. The molecule has 0 spiro atoms. The number of carbonyl (C=O) groups excluding carboxylic acids is 2. The number of esters is 1. The van der Waals surface area contributed by atoms with Gasteiger partial charge < -0.3 is 9.15 Å². The second-order valence-electron chi connectivity index (χ2n) is 11.0. The molecule has 9 nitrogen and oxygen atoms in total. The molecule has 0 bridgehead atoms. The Bertz CT molecular complexity index is 1490. The van der Waals surface area contributed by atoms with Crippen LogP contribution in [0.25, 0.3) is 17.2 Å². The van der Waals surface area contributed by atoms with Crippen LogP contribution in [0.4, 0.5) is 0 Å². The van der Waals surface area contributed by atoms with E-state index in [9.17, 15) is 9.59 Å². The lowest BCUT2D eigenvalue weighted by molar-refractivity contribution is -0.185. The average molecular weight is 528 g/mol. The van der Waals surface area contributed by atoms with E-state index in [1.54, 1.807) is 23.2 Å². The van der Waals surface area contributed by atoms with E-state index in [0.717, 1.165) is 60.8 Å². The quantitative estimate of drug-likeness (QED) is 0.235. The second-order valence-corrected chi connectivity index (χ2v) is 11.0. The zero-order chi connectivity index (χ0) is 27.0. The van der Waals surface area contributed by atoms with Gasteiger partial charge in [0.25, 0.3) is 5.78 Å². The highest BCUT2D eigenvalue weighted by Gasteiger charge is 2.51. The first-order valence-electron chi connectivity index (χ1n) is 13.9. The van der Waals surface area contributed by atoms with Crippen LogP contribution in [-0.4, -0.2) is 41.9 Å². The van der Waals surface area contributed by atoms with Crippen molar-refractivity contribution in [2.45, 2.75) is 77.2 Å². The summed E-state index contributed by atoms with van der Waals surface area (Å²) in [7, 11) is 0. The first-order valence-corrected chi connectivity index (χ1v) is 13.9. The molecule has 0 amide bonds. The third-order valence-electron chi connectivity index (χ3n) is 8.35. The van der Waals surface area contributed by atoms with Crippen LogP contribution in [0.1, 0.15) is 68.0 Å². The van der Waals surface area contributed by atoms with Gasteiger partial charge in [0.15, 0.2) is 11.6 Å². The summed E-state index contributed by atoms with van der Waals surface area (Å²) in [5.41, 5.74) is 3.49. The summed E-state index contributed by atoms with van der Waals surface area (Å²) in [4.78, 5) is 39.9. The van der Waals surface area contributed by atoms with Crippen molar-refractivity contribution in [3.8, 4) is 11.5 Å². The number of hydrogen-bond acceptors (Lipinski definition) is 8. The van der Waals surface area contributed by atoms with Gasteiger partial charge in [0.1, 0.15) is 17.8 Å². The van der Waals surface area contributed by atoms with Crippen LogP contribution < -0.4 is 0 Å². The van der Waals surface area contributed by atoms with Crippen molar-refractivity contribution in [3.63, 3.8) is 0 Å². The van der Waals surface area contributed by atoms with Gasteiger partial charge >= 0.3 is 5.97 Å². The lowest BCUT2D eigenvalue weighted by Gasteiger charge is -2.43. The molecule has 1 aromatic carbocycles. The number of oxazole rings is 1. The second kappa shape index (κ2) is 10.4. The Morgan fingerprint density at radius 2 is 2.00 bits per heavy atom. The van der Waals surface area contributed by atoms with E-state index in [-0.39, 0.29) is 24.5 Å². The molecular formula is C30H33N5O4. The van der Waals surface area contributed by atoms with Crippen LogP contribution in [-0.2, 0) is 33.6 Å². The zero-order valence-corrected chi connectivity index (χ0v) is 22.4. The minimum absolute atomic E-state index is 0.0744. The molecule has 4 heterocycles. The number of Topliss-reactive ketones (excluding diaryl/α,β-unsaturated/α-hetero) is 1. The summed E-state index contributed by atoms with van der Waals surface area (Å²) in [6, 6.07) is 6.32. The molecule has 6 rings (SSSR count). The normalized spacial score (nSPS) is 22.1. The fourth-order valence-electron chi connectivity index (χ4n) is 6.28. The minimum Gasteiger partial charge on any atom is -0.458 e. The molecule has 2 unspecified atom stereocenters. The molecule has 2 fully saturated rings. The molecule has 1 aliphatic carbocycles. The van der Waals surface area contributed by atoms with E-state index < -0.39 is 17.5 Å². The van der Waals surface area contributed by atoms with Crippen molar-refractivity contribution in [3.05, 3.63) is 65.6 Å². The molecule has 1 saturated carbocycles. The molecule has 1 aliphatic heterocycles. The van der Waals surface area contributed by atoms with E-state index in [1.807, 2.05) is 13.1 Å². The first kappa shape index (κ1) is 25.4. The van der Waals surface area contributed by atoms with Gasteiger partial charge in [-0.05, 0) is 67.7 Å². The Kier molecular flexibility index (Phi) is 6.74. The van der Waals surface area contributed by atoms with Gasteiger partial charge in [0.2, 0.25) is 5.89 Å². The monoisotopic (exact) mass is 527 g/mol. The van der Waals surface area contributed by atoms with Crippen molar-refractivity contribution in [1.29, 1.82) is 0 Å². The zero-order valence-electron chi connectivity index (χ0n) is 22.4. The number of aryl methyl sites for hydroxylation is 3. The number of rotatable bonds is 8. The van der Waals surface area contributed by atoms with Crippen LogP contribution in [0.2, 0.25) is 0 Å². The first-order chi connectivity index (χ1) is 18.9. The summed E-state index contributed by atoms with van der Waals surface area (Å²) in [6.45, 7) is 4.04. The Morgan fingerprint density at radius 1 is 1.15 bits per heavy atom. The lowest BCUT2D eigenvalue weighted by Crippen LogP contribution is -2.52. The molecule has 2 aliphatic rings. The van der Waals surface area contributed by atoms with Gasteiger partial charge in [-0.15, -0.1) is 5.10 Å². The van der Waals surface area contributed by atoms with E-state index >= 15 is 0 Å². The maximum absolute atomic E-state index is 13.5. The van der Waals surface area contributed by atoms with Crippen LogP contribution in [0.3, 0.4) is 0 Å². The van der Waals surface area contributed by atoms with Crippen LogP contribution in [0, 0.1) is 18.8 Å². The van der Waals surface area contributed by atoms with E-state index in [4.69, 9.17) is 9.15 Å². The summed E-state index contributed by atoms with van der Waals surface area (Å²) >= 11 is 0. The third kappa shape index (κ3) is 4.97. The van der Waals surface area contributed by atoms with Gasteiger partial charge in [-0.3, -0.25) is 9.59 Å². The molecule has 0 radical (unpaired) electrons. The number of carbonyl (C=O) groups is 2. The number of benzene rings is 1. The van der Waals surface area contributed by atoms with Gasteiger partial charge in [0, 0.05) is 30.8 Å². The molecule has 9 heteroatoms. The van der Waals surface area contributed by atoms with E-state index in [1.165, 1.54) is 0 Å². The largest absolute Gasteiger partial charge is 0.458 e. The fourth-order valence-corrected chi connectivity index (χ4v) is 6.28. The van der Waals surface area contributed by atoms with Crippen LogP contribution in [0.15, 0.2) is 47.5 Å². The van der Waals surface area contributed by atoms with Crippen molar-refractivity contribution >= 4 is 17.5 Å². The molecule has 4 aromatic rings. The summed E-state index contributed by atoms with van der Waals surface area (Å²) in [6.07, 6.45) is 13.5. The number of fused-ring (bicyclic) bond motifs is 1. The summed E-state index contributed by atoms with van der Waals surface area (Å²) in [5, 5.41) is 4.44. The number of nitrogens with zero attached hydrogens (tertiary/aromatic N) is 5. The highest BCUT2D eigenvalue weighted by atomic mass is 16.6. The van der Waals surface area contributed by atoms with E-state index in [0.29, 0.717) is 23.9 Å². The Labute approximate surface area is 227 Å². The third-order valence-corrected chi connectivity index (χ3v) is 8.35. The topological polar surface area (TPSA) is 112 Å². The van der Waals surface area contributed by atoms with Crippen molar-refractivity contribution in [2.75, 3.05) is 0 Å². The smallest absolute Gasteiger partial charge is 0.317 e.